The van der Waals surface area contributed by atoms with Crippen molar-refractivity contribution in [2.75, 3.05) is 18.8 Å². The summed E-state index contributed by atoms with van der Waals surface area (Å²) in [5.74, 6) is 0. The third-order valence-electron chi connectivity index (χ3n) is 4.20. The summed E-state index contributed by atoms with van der Waals surface area (Å²) >= 11 is 0. The average molecular weight is 310 g/mol. The molecule has 1 aromatic carbocycles. The maximum Gasteiger partial charge on any atom is 0.257 e. The number of nitrogens with two attached hydrogens (primary N) is 1. The van der Waals surface area contributed by atoms with Crippen molar-refractivity contribution in [3.63, 3.8) is 0 Å². The highest BCUT2D eigenvalue weighted by atomic mass is 16.1. The summed E-state index contributed by atoms with van der Waals surface area (Å²) in [5, 5.41) is 1.10. The van der Waals surface area contributed by atoms with E-state index in [2.05, 4.69) is 46.9 Å². The molecule has 0 saturated heterocycles. The second-order valence-electron chi connectivity index (χ2n) is 5.74. The molecule has 4 N–H and O–H groups in total. The van der Waals surface area contributed by atoms with Gasteiger partial charge in [0, 0.05) is 29.3 Å². The lowest BCUT2D eigenvalue weighted by molar-refractivity contribution is 0.296. The Balaban J connectivity index is 1.99. The number of hydrogen-bond acceptors (Lipinski definition) is 3. The molecule has 2 heterocycles. The highest BCUT2D eigenvalue weighted by Gasteiger charge is 2.09. The number of anilines is 1. The minimum absolute atomic E-state index is 0.144. The van der Waals surface area contributed by atoms with Gasteiger partial charge in [-0.05, 0) is 42.9 Å². The molecule has 0 saturated carbocycles. The molecule has 23 heavy (non-hydrogen) atoms. The quantitative estimate of drug-likeness (QED) is 0.678. The number of aromatic nitrogens is 2. The van der Waals surface area contributed by atoms with Crippen LogP contribution in [0.2, 0.25) is 0 Å². The maximum atomic E-state index is 12.0. The molecule has 0 radical (unpaired) electrons. The van der Waals surface area contributed by atoms with Crippen molar-refractivity contribution in [1.82, 2.24) is 14.9 Å². The highest BCUT2D eigenvalue weighted by Crippen LogP contribution is 2.24. The van der Waals surface area contributed by atoms with Crippen molar-refractivity contribution < 1.29 is 0 Å². The van der Waals surface area contributed by atoms with Crippen LogP contribution >= 0.6 is 0 Å². The Bertz CT molecular complexity index is 874. The van der Waals surface area contributed by atoms with Crippen LogP contribution in [-0.2, 0) is 6.54 Å². The predicted molar refractivity (Wildman–Crippen MR) is 95.4 cm³/mol. The molecular formula is C18H22N4O. The molecule has 0 unspecified atom stereocenters. The van der Waals surface area contributed by atoms with E-state index in [0.717, 1.165) is 36.2 Å². The van der Waals surface area contributed by atoms with Crippen molar-refractivity contribution in [2.24, 2.45) is 0 Å². The van der Waals surface area contributed by atoms with E-state index in [4.69, 9.17) is 5.73 Å². The van der Waals surface area contributed by atoms with Crippen LogP contribution in [0.25, 0.3) is 22.2 Å². The van der Waals surface area contributed by atoms with Crippen molar-refractivity contribution in [3.05, 3.63) is 52.4 Å². The molecule has 0 aliphatic carbocycles. The van der Waals surface area contributed by atoms with Crippen molar-refractivity contribution >= 4 is 16.6 Å². The Morgan fingerprint density at radius 1 is 1.13 bits per heavy atom. The Morgan fingerprint density at radius 3 is 2.65 bits per heavy atom. The van der Waals surface area contributed by atoms with Gasteiger partial charge in [0.15, 0.2) is 0 Å². The summed E-state index contributed by atoms with van der Waals surface area (Å²) in [6.45, 7) is 7.34. The minimum Gasteiger partial charge on any atom is -0.398 e. The smallest absolute Gasteiger partial charge is 0.257 e. The van der Waals surface area contributed by atoms with Crippen LogP contribution < -0.4 is 11.3 Å². The van der Waals surface area contributed by atoms with E-state index in [9.17, 15) is 4.79 Å². The molecule has 5 heteroatoms. The van der Waals surface area contributed by atoms with Gasteiger partial charge in [0.25, 0.3) is 5.56 Å². The lowest BCUT2D eigenvalue weighted by atomic mass is 10.1. The summed E-state index contributed by atoms with van der Waals surface area (Å²) in [6.07, 6.45) is 1.51. The largest absolute Gasteiger partial charge is 0.398 e. The third kappa shape index (κ3) is 3.14. The zero-order valence-electron chi connectivity index (χ0n) is 13.5. The van der Waals surface area contributed by atoms with E-state index in [0.29, 0.717) is 11.3 Å². The fraction of sp³-hybridized carbons (Fsp3) is 0.278. The summed E-state index contributed by atoms with van der Waals surface area (Å²) in [4.78, 5) is 20.3. The van der Waals surface area contributed by atoms with Gasteiger partial charge in [-0.15, -0.1) is 0 Å². The van der Waals surface area contributed by atoms with Gasteiger partial charge in [-0.25, -0.2) is 0 Å². The van der Waals surface area contributed by atoms with Gasteiger partial charge >= 0.3 is 0 Å². The van der Waals surface area contributed by atoms with Crippen LogP contribution in [0.3, 0.4) is 0 Å². The second-order valence-corrected chi connectivity index (χ2v) is 5.74. The number of fused-ring (bicyclic) bond motifs is 1. The van der Waals surface area contributed by atoms with Gasteiger partial charge in [-0.1, -0.05) is 19.9 Å². The number of H-pyrrole nitrogens is 2. The van der Waals surface area contributed by atoms with E-state index in [1.807, 2.05) is 6.07 Å². The lowest BCUT2D eigenvalue weighted by Crippen LogP contribution is -2.21. The van der Waals surface area contributed by atoms with E-state index >= 15 is 0 Å². The molecule has 0 aliphatic rings. The monoisotopic (exact) mass is 310 g/mol. The molecule has 0 atom stereocenters. The van der Waals surface area contributed by atoms with Crippen LogP contribution in [0.5, 0.6) is 0 Å². The van der Waals surface area contributed by atoms with Crippen LogP contribution in [-0.4, -0.2) is 28.0 Å². The first-order chi connectivity index (χ1) is 11.1. The standard InChI is InChI=1S/C18H22N4O/c1-3-22(4-2)11-12-5-6-16-13(7-12)8-17(21-16)15-9-14(19)10-20-18(15)23/h5-10,21H,3-4,11,19H2,1-2H3,(H,20,23). The Hall–Kier alpha value is -2.53. The summed E-state index contributed by atoms with van der Waals surface area (Å²) in [7, 11) is 0. The number of aromatic amines is 2. The molecule has 0 aliphatic heterocycles. The van der Waals surface area contributed by atoms with Crippen LogP contribution in [0.1, 0.15) is 19.4 Å². The normalized spacial score (nSPS) is 11.4. The minimum atomic E-state index is -0.144. The van der Waals surface area contributed by atoms with Crippen molar-refractivity contribution in [3.8, 4) is 11.3 Å². The Kier molecular flexibility index (Phi) is 4.21. The average Bonchev–Trinajstić information content (AvgIpc) is 2.97. The summed E-state index contributed by atoms with van der Waals surface area (Å²) < 4.78 is 0. The molecule has 3 aromatic rings. The summed E-state index contributed by atoms with van der Waals surface area (Å²) in [6, 6.07) is 10.1. The SMILES string of the molecule is CCN(CC)Cc1ccc2[nH]c(-c3cc(N)c[nH]c3=O)cc2c1. The van der Waals surface area contributed by atoms with Gasteiger partial charge in [0.05, 0.1) is 11.3 Å². The number of nitrogens with zero attached hydrogens (tertiary/aromatic N) is 1. The molecule has 3 rings (SSSR count). The third-order valence-corrected chi connectivity index (χ3v) is 4.20. The highest BCUT2D eigenvalue weighted by molar-refractivity contribution is 5.86. The number of nitrogens with one attached hydrogen (secondary N) is 2. The Morgan fingerprint density at radius 2 is 1.91 bits per heavy atom. The van der Waals surface area contributed by atoms with Crippen LogP contribution in [0, 0.1) is 0 Å². The predicted octanol–water partition coefficient (Wildman–Crippen LogP) is 2.95. The number of benzene rings is 1. The van der Waals surface area contributed by atoms with E-state index in [1.165, 1.54) is 11.8 Å². The molecule has 120 valence electrons. The molecular weight excluding hydrogens is 288 g/mol. The van der Waals surface area contributed by atoms with Gasteiger partial charge in [-0.2, -0.15) is 0 Å². The molecule has 0 fully saturated rings. The van der Waals surface area contributed by atoms with Gasteiger partial charge in [0.1, 0.15) is 0 Å². The first-order valence-electron chi connectivity index (χ1n) is 7.93. The Labute approximate surface area is 135 Å². The first-order valence-corrected chi connectivity index (χ1v) is 7.93. The fourth-order valence-corrected chi connectivity index (χ4v) is 2.83. The summed E-state index contributed by atoms with van der Waals surface area (Å²) in [5.41, 5.74) is 9.81. The zero-order chi connectivity index (χ0) is 16.4. The number of pyridine rings is 1. The van der Waals surface area contributed by atoms with Crippen LogP contribution in [0.4, 0.5) is 5.69 Å². The van der Waals surface area contributed by atoms with E-state index < -0.39 is 0 Å². The number of nitrogen functional groups attached to an aromatic ring is 1. The number of hydrogen-bond donors (Lipinski definition) is 3. The van der Waals surface area contributed by atoms with Gasteiger partial charge < -0.3 is 15.7 Å². The van der Waals surface area contributed by atoms with Gasteiger partial charge in [0.2, 0.25) is 0 Å². The number of rotatable bonds is 5. The van der Waals surface area contributed by atoms with E-state index in [1.54, 1.807) is 6.07 Å². The second kappa shape index (κ2) is 6.30. The van der Waals surface area contributed by atoms with Crippen LogP contribution in [0.15, 0.2) is 41.3 Å². The molecule has 2 aromatic heterocycles. The zero-order valence-corrected chi connectivity index (χ0v) is 13.5. The molecule has 0 spiro atoms. The molecule has 0 bridgehead atoms. The van der Waals surface area contributed by atoms with Crippen molar-refractivity contribution in [1.29, 1.82) is 0 Å². The lowest BCUT2D eigenvalue weighted by Gasteiger charge is -2.17. The maximum absolute atomic E-state index is 12.0. The van der Waals surface area contributed by atoms with E-state index in [-0.39, 0.29) is 5.56 Å². The topological polar surface area (TPSA) is 77.9 Å². The first kappa shape index (κ1) is 15.4. The van der Waals surface area contributed by atoms with Crippen molar-refractivity contribution in [2.45, 2.75) is 20.4 Å². The molecule has 0 amide bonds. The molecule has 5 nitrogen and oxygen atoms in total. The fourth-order valence-electron chi connectivity index (χ4n) is 2.83. The van der Waals surface area contributed by atoms with Gasteiger partial charge in [-0.3, -0.25) is 9.69 Å².